The topological polar surface area (TPSA) is 119 Å². The van der Waals surface area contributed by atoms with E-state index in [1.165, 1.54) is 16.0 Å². The number of anilines is 1. The van der Waals surface area contributed by atoms with E-state index in [1.807, 2.05) is 0 Å². The molecule has 4 N–H and O–H groups in total. The second-order valence-electron chi connectivity index (χ2n) is 6.58. The summed E-state index contributed by atoms with van der Waals surface area (Å²) in [6.45, 7) is 0. The van der Waals surface area contributed by atoms with E-state index in [1.54, 1.807) is 35.7 Å². The lowest BCUT2D eigenvalue weighted by Crippen LogP contribution is -2.31. The molecule has 0 atom stereocenters. The van der Waals surface area contributed by atoms with Crippen LogP contribution in [0.25, 0.3) is 10.2 Å². The third-order valence-corrected chi connectivity index (χ3v) is 7.09. The van der Waals surface area contributed by atoms with Gasteiger partial charge in [0.25, 0.3) is 5.56 Å². The summed E-state index contributed by atoms with van der Waals surface area (Å²) in [6, 6.07) is 8.35. The zero-order valence-corrected chi connectivity index (χ0v) is 16.1. The molecule has 3 heterocycles. The van der Waals surface area contributed by atoms with Crippen LogP contribution < -0.4 is 10.9 Å². The van der Waals surface area contributed by atoms with Crippen molar-refractivity contribution in [3.63, 3.8) is 0 Å². The van der Waals surface area contributed by atoms with E-state index in [2.05, 4.69) is 14.8 Å². The summed E-state index contributed by atoms with van der Waals surface area (Å²) in [5, 5.41) is 20.0. The number of hydrogen-bond acceptors (Lipinski definition) is 8. The molecule has 5 rings (SSSR count). The first kappa shape index (κ1) is 17.4. The van der Waals surface area contributed by atoms with Gasteiger partial charge in [-0.15, -0.1) is 15.7 Å². The fourth-order valence-corrected chi connectivity index (χ4v) is 5.20. The van der Waals surface area contributed by atoms with Gasteiger partial charge >= 0.3 is 0 Å². The van der Waals surface area contributed by atoms with Crippen molar-refractivity contribution < 1.29 is 14.2 Å². The number of rotatable bonds is 2. The van der Waals surface area contributed by atoms with Gasteiger partial charge in [0.2, 0.25) is 0 Å². The number of pyridine rings is 1. The maximum Gasteiger partial charge on any atom is 0.286 e. The van der Waals surface area contributed by atoms with Gasteiger partial charge < -0.3 is 10.4 Å². The molecule has 2 aliphatic rings. The van der Waals surface area contributed by atoms with Gasteiger partial charge in [0.05, 0.1) is 15.9 Å². The molecule has 0 saturated heterocycles. The molecule has 1 saturated carbocycles. The fourth-order valence-electron chi connectivity index (χ4n) is 3.21. The number of nitrogens with zero attached hydrogens (tertiary/aromatic N) is 3. The molecule has 0 spiro atoms. The summed E-state index contributed by atoms with van der Waals surface area (Å²) in [5.41, 5.74) is 1.16. The monoisotopic (exact) mass is 416 g/mol. The van der Waals surface area contributed by atoms with Gasteiger partial charge in [-0.05, 0) is 42.8 Å². The third kappa shape index (κ3) is 2.57. The Hall–Kier alpha value is -2.66. The average molecular weight is 416 g/mol. The quantitative estimate of drug-likeness (QED) is 0.502. The standard InChI is InChI=1S/C18H16N4O4S2/c23-15-14(17-19-11-6-1-2-7-13(11)28(25,26)21-17)18(24)22(20-10-4-3-5-10)12-8-9-27-16(12)15/h1-2,6-9,23,25-26H,3-5H2,(H,19,21). The Kier molecular flexibility index (Phi) is 3.85. The van der Waals surface area contributed by atoms with Crippen LogP contribution in [-0.4, -0.2) is 30.4 Å². The lowest BCUT2D eigenvalue weighted by Gasteiger charge is -2.34. The highest BCUT2D eigenvalue weighted by Crippen LogP contribution is 2.55. The van der Waals surface area contributed by atoms with E-state index in [-0.39, 0.29) is 22.0 Å². The predicted octanol–water partition coefficient (Wildman–Crippen LogP) is 4.05. The molecular formula is C18H16N4O4S2. The minimum absolute atomic E-state index is 0.0842. The number of aromatic hydroxyl groups is 1. The maximum absolute atomic E-state index is 13.2. The molecule has 0 bridgehead atoms. The zero-order valence-electron chi connectivity index (χ0n) is 14.5. The Morgan fingerprint density at radius 2 is 2.00 bits per heavy atom. The molecule has 10 heteroatoms. The van der Waals surface area contributed by atoms with Crippen LogP contribution in [-0.2, 0) is 0 Å². The zero-order chi connectivity index (χ0) is 19.5. The van der Waals surface area contributed by atoms with Crippen LogP contribution in [0.1, 0.15) is 24.8 Å². The third-order valence-electron chi connectivity index (χ3n) is 4.79. The first-order valence-electron chi connectivity index (χ1n) is 8.62. The highest BCUT2D eigenvalue weighted by Gasteiger charge is 2.30. The highest BCUT2D eigenvalue weighted by molar-refractivity contribution is 8.23. The smallest absolute Gasteiger partial charge is 0.286 e. The van der Waals surface area contributed by atoms with Crippen LogP contribution in [0, 0.1) is 0 Å². The van der Waals surface area contributed by atoms with Gasteiger partial charge in [-0.3, -0.25) is 13.9 Å². The fraction of sp³-hybridized carbons (Fsp3) is 0.167. The Morgan fingerprint density at radius 3 is 2.75 bits per heavy atom. The summed E-state index contributed by atoms with van der Waals surface area (Å²) in [4.78, 5) is 13.5. The number of para-hydroxylation sites is 1. The van der Waals surface area contributed by atoms with E-state index >= 15 is 0 Å². The van der Waals surface area contributed by atoms with E-state index in [0.29, 0.717) is 15.9 Å². The first-order chi connectivity index (χ1) is 13.5. The minimum atomic E-state index is -3.51. The molecular weight excluding hydrogens is 400 g/mol. The normalized spacial score (nSPS) is 18.6. The van der Waals surface area contributed by atoms with Crippen molar-refractivity contribution in [1.29, 1.82) is 0 Å². The molecule has 28 heavy (non-hydrogen) atoms. The SMILES string of the molecule is O=c1c(C2=NS(O)(O)c3ccccc3N2)c(O)c2sccc2n1N=C1CCC1. The predicted molar refractivity (Wildman–Crippen MR) is 112 cm³/mol. The van der Waals surface area contributed by atoms with E-state index < -0.39 is 16.3 Å². The van der Waals surface area contributed by atoms with E-state index in [4.69, 9.17) is 0 Å². The largest absolute Gasteiger partial charge is 0.505 e. The van der Waals surface area contributed by atoms with Gasteiger partial charge in [-0.25, -0.2) is 0 Å². The number of amidine groups is 1. The van der Waals surface area contributed by atoms with Crippen LogP contribution in [0.5, 0.6) is 5.75 Å². The molecule has 1 aliphatic carbocycles. The Labute approximate surface area is 165 Å². The first-order valence-corrected chi connectivity index (χ1v) is 11.0. The van der Waals surface area contributed by atoms with Crippen molar-refractivity contribution in [3.8, 4) is 5.75 Å². The van der Waals surface area contributed by atoms with Crippen LogP contribution >= 0.6 is 22.1 Å². The van der Waals surface area contributed by atoms with Crippen LogP contribution in [0.15, 0.2) is 54.9 Å². The van der Waals surface area contributed by atoms with Crippen LogP contribution in [0.3, 0.4) is 0 Å². The number of hydrogen-bond donors (Lipinski definition) is 4. The minimum Gasteiger partial charge on any atom is -0.505 e. The van der Waals surface area contributed by atoms with Crippen molar-refractivity contribution >= 4 is 49.6 Å². The molecule has 8 nitrogen and oxygen atoms in total. The van der Waals surface area contributed by atoms with Crippen molar-refractivity contribution in [3.05, 3.63) is 51.6 Å². The molecule has 3 aromatic rings. The van der Waals surface area contributed by atoms with Crippen LogP contribution in [0.2, 0.25) is 0 Å². The summed E-state index contributed by atoms with van der Waals surface area (Å²) in [6.07, 6.45) is 2.71. The lowest BCUT2D eigenvalue weighted by molar-refractivity contribution is 0.478. The Bertz CT molecular complexity index is 1240. The van der Waals surface area contributed by atoms with Gasteiger partial charge in [-0.1, -0.05) is 22.9 Å². The molecule has 0 unspecified atom stereocenters. The van der Waals surface area contributed by atoms with E-state index in [9.17, 15) is 19.0 Å². The molecule has 144 valence electrons. The Balaban J connectivity index is 1.76. The Morgan fingerprint density at radius 1 is 1.21 bits per heavy atom. The second kappa shape index (κ2) is 6.17. The molecule has 1 fully saturated rings. The molecule has 0 radical (unpaired) electrons. The summed E-state index contributed by atoms with van der Waals surface area (Å²) < 4.78 is 26.7. The molecule has 1 aliphatic heterocycles. The second-order valence-corrected chi connectivity index (χ2v) is 9.15. The van der Waals surface area contributed by atoms with Gasteiger partial charge in [-0.2, -0.15) is 9.78 Å². The van der Waals surface area contributed by atoms with Gasteiger partial charge in [0.15, 0.2) is 11.6 Å². The number of aromatic nitrogens is 1. The lowest BCUT2D eigenvalue weighted by atomic mass is 9.98. The number of fused-ring (bicyclic) bond motifs is 2. The van der Waals surface area contributed by atoms with Gasteiger partial charge in [0, 0.05) is 5.71 Å². The van der Waals surface area contributed by atoms with Gasteiger partial charge in [0.1, 0.15) is 10.5 Å². The molecule has 2 aromatic heterocycles. The molecule has 1 aromatic carbocycles. The summed E-state index contributed by atoms with van der Waals surface area (Å²) in [7, 11) is -3.51. The molecule has 0 amide bonds. The van der Waals surface area contributed by atoms with Crippen molar-refractivity contribution in [2.45, 2.75) is 24.2 Å². The number of nitrogens with one attached hydrogen (secondary N) is 1. The summed E-state index contributed by atoms with van der Waals surface area (Å²) >= 11 is 1.27. The highest BCUT2D eigenvalue weighted by atomic mass is 32.3. The number of benzene rings is 1. The van der Waals surface area contributed by atoms with E-state index in [0.717, 1.165) is 25.0 Å². The summed E-state index contributed by atoms with van der Waals surface area (Å²) in [5.74, 6) is -0.333. The van der Waals surface area contributed by atoms with Crippen LogP contribution in [0.4, 0.5) is 5.69 Å². The van der Waals surface area contributed by atoms with Crippen molar-refractivity contribution in [2.75, 3.05) is 5.32 Å². The van der Waals surface area contributed by atoms with Crippen molar-refractivity contribution in [2.24, 2.45) is 9.50 Å². The van der Waals surface area contributed by atoms with Crippen molar-refractivity contribution in [1.82, 2.24) is 4.68 Å². The number of thiophene rings is 1. The maximum atomic E-state index is 13.2. The average Bonchev–Trinajstić information content (AvgIpc) is 3.10.